The lowest BCUT2D eigenvalue weighted by Crippen LogP contribution is -2.36. The molecule has 1 heterocycles. The van der Waals surface area contributed by atoms with Gasteiger partial charge in [-0.3, -0.25) is 9.69 Å². The number of carbonyl (C=O) groups is 1. The average molecular weight is 185 g/mol. The largest absolute Gasteiger partial charge is 0.395 e. The summed E-state index contributed by atoms with van der Waals surface area (Å²) >= 11 is 0. The number of carbonyl (C=O) groups excluding carboxylic acids is 1. The Morgan fingerprint density at radius 3 is 2.85 bits per heavy atom. The molecule has 0 amide bonds. The van der Waals surface area contributed by atoms with Crippen molar-refractivity contribution in [3.05, 3.63) is 0 Å². The fourth-order valence-corrected chi connectivity index (χ4v) is 1.96. The van der Waals surface area contributed by atoms with Gasteiger partial charge in [0.25, 0.3) is 0 Å². The Hall–Kier alpha value is -0.410. The van der Waals surface area contributed by atoms with Gasteiger partial charge in [-0.1, -0.05) is 6.92 Å². The van der Waals surface area contributed by atoms with E-state index in [4.69, 9.17) is 5.11 Å². The van der Waals surface area contributed by atoms with E-state index < -0.39 is 0 Å². The molecule has 1 aliphatic heterocycles. The molecular weight excluding hydrogens is 166 g/mol. The van der Waals surface area contributed by atoms with Crippen LogP contribution in [0.25, 0.3) is 0 Å². The van der Waals surface area contributed by atoms with Crippen LogP contribution in [0.15, 0.2) is 0 Å². The summed E-state index contributed by atoms with van der Waals surface area (Å²) in [5.74, 6) is 0.799. The van der Waals surface area contributed by atoms with Gasteiger partial charge in [0.05, 0.1) is 6.61 Å². The first-order valence-electron chi connectivity index (χ1n) is 4.99. The van der Waals surface area contributed by atoms with Crippen molar-refractivity contribution in [1.29, 1.82) is 0 Å². The number of ketones is 1. The molecule has 0 aromatic carbocycles. The zero-order valence-electron chi connectivity index (χ0n) is 8.49. The fraction of sp³-hybridized carbons (Fsp3) is 0.900. The second kappa shape index (κ2) is 4.72. The first kappa shape index (κ1) is 10.7. The minimum atomic E-state index is 0.221. The van der Waals surface area contributed by atoms with E-state index in [2.05, 4.69) is 11.8 Å². The Balaban J connectivity index is 2.37. The van der Waals surface area contributed by atoms with E-state index in [-0.39, 0.29) is 18.4 Å². The third kappa shape index (κ3) is 2.78. The molecule has 1 rings (SSSR count). The summed E-state index contributed by atoms with van der Waals surface area (Å²) in [5, 5.41) is 9.15. The molecule has 3 heteroatoms. The highest BCUT2D eigenvalue weighted by Crippen LogP contribution is 2.23. The topological polar surface area (TPSA) is 40.5 Å². The van der Waals surface area contributed by atoms with Crippen LogP contribution in [0.5, 0.6) is 0 Å². The summed E-state index contributed by atoms with van der Waals surface area (Å²) in [6, 6.07) is 0.277. The van der Waals surface area contributed by atoms with Crippen molar-refractivity contribution in [1.82, 2.24) is 4.90 Å². The van der Waals surface area contributed by atoms with Gasteiger partial charge < -0.3 is 5.11 Å². The second-order valence-corrected chi connectivity index (χ2v) is 4.00. The maximum atomic E-state index is 10.8. The number of aliphatic hydroxyl groups is 1. The maximum absolute atomic E-state index is 10.8. The molecule has 0 saturated carbocycles. The predicted octanol–water partition coefficient (Wildman–Crippen LogP) is 0.668. The van der Waals surface area contributed by atoms with E-state index in [1.54, 1.807) is 6.92 Å². The molecular formula is C10H19NO2. The monoisotopic (exact) mass is 185 g/mol. The van der Waals surface area contributed by atoms with E-state index in [0.29, 0.717) is 12.3 Å². The number of nitrogens with zero attached hydrogens (tertiary/aromatic N) is 1. The Bertz CT molecular complexity index is 182. The highest BCUT2D eigenvalue weighted by Gasteiger charge is 2.29. The van der Waals surface area contributed by atoms with Crippen LogP contribution >= 0.6 is 0 Å². The van der Waals surface area contributed by atoms with Gasteiger partial charge in [0, 0.05) is 19.0 Å². The zero-order valence-corrected chi connectivity index (χ0v) is 8.49. The lowest BCUT2D eigenvalue weighted by molar-refractivity contribution is -0.117. The van der Waals surface area contributed by atoms with Gasteiger partial charge in [0.1, 0.15) is 5.78 Å². The molecule has 0 spiro atoms. The van der Waals surface area contributed by atoms with Gasteiger partial charge >= 0.3 is 0 Å². The normalized spacial score (nSPS) is 29.5. The second-order valence-electron chi connectivity index (χ2n) is 4.00. The van der Waals surface area contributed by atoms with Gasteiger partial charge in [-0.25, -0.2) is 0 Å². The smallest absolute Gasteiger partial charge is 0.131 e. The molecule has 1 saturated heterocycles. The predicted molar refractivity (Wildman–Crippen MR) is 51.5 cm³/mol. The zero-order chi connectivity index (χ0) is 9.84. The third-order valence-corrected chi connectivity index (χ3v) is 2.94. The minimum absolute atomic E-state index is 0.221. The number of rotatable bonds is 4. The highest BCUT2D eigenvalue weighted by molar-refractivity contribution is 5.75. The molecule has 1 N–H and O–H groups in total. The van der Waals surface area contributed by atoms with Gasteiger partial charge in [-0.2, -0.15) is 0 Å². The fourth-order valence-electron chi connectivity index (χ4n) is 1.96. The minimum Gasteiger partial charge on any atom is -0.395 e. The van der Waals surface area contributed by atoms with Crippen LogP contribution < -0.4 is 0 Å². The Kier molecular flexibility index (Phi) is 3.88. The maximum Gasteiger partial charge on any atom is 0.131 e. The molecule has 1 aliphatic rings. The molecule has 13 heavy (non-hydrogen) atoms. The summed E-state index contributed by atoms with van der Waals surface area (Å²) in [7, 11) is 0. The molecule has 76 valence electrons. The first-order valence-corrected chi connectivity index (χ1v) is 4.99. The molecule has 2 atom stereocenters. The standard InChI is InChI=1S/C10H19NO2/c1-8-3-5-11(10(8)7-12)6-4-9(2)13/h8,10,12H,3-7H2,1-2H3. The number of hydrogen-bond donors (Lipinski definition) is 1. The van der Waals surface area contributed by atoms with Crippen LogP contribution in [0, 0.1) is 5.92 Å². The van der Waals surface area contributed by atoms with E-state index in [1.807, 2.05) is 0 Å². The third-order valence-electron chi connectivity index (χ3n) is 2.94. The summed E-state index contributed by atoms with van der Waals surface area (Å²) in [6.45, 7) is 5.84. The van der Waals surface area contributed by atoms with Crippen molar-refractivity contribution < 1.29 is 9.90 Å². The summed E-state index contributed by atoms with van der Waals surface area (Å²) in [6.07, 6.45) is 1.76. The van der Waals surface area contributed by atoms with Crippen LogP contribution in [-0.4, -0.2) is 41.5 Å². The van der Waals surface area contributed by atoms with Gasteiger partial charge in [0.15, 0.2) is 0 Å². The number of hydrogen-bond acceptors (Lipinski definition) is 3. The van der Waals surface area contributed by atoms with Crippen LogP contribution in [0.3, 0.4) is 0 Å². The van der Waals surface area contributed by atoms with E-state index in [0.717, 1.165) is 19.5 Å². The SMILES string of the molecule is CC(=O)CCN1CCC(C)C1CO. The lowest BCUT2D eigenvalue weighted by Gasteiger charge is -2.24. The van der Waals surface area contributed by atoms with Crippen molar-refractivity contribution >= 4 is 5.78 Å². The molecule has 0 aromatic rings. The molecule has 1 fully saturated rings. The Labute approximate surface area is 79.7 Å². The van der Waals surface area contributed by atoms with Crippen LogP contribution in [0.1, 0.15) is 26.7 Å². The molecule has 0 aliphatic carbocycles. The molecule has 0 radical (unpaired) electrons. The Morgan fingerprint density at radius 2 is 2.31 bits per heavy atom. The van der Waals surface area contributed by atoms with Gasteiger partial charge in [-0.15, -0.1) is 0 Å². The van der Waals surface area contributed by atoms with Gasteiger partial charge in [-0.05, 0) is 25.8 Å². The molecule has 2 unspecified atom stereocenters. The van der Waals surface area contributed by atoms with Crippen molar-refractivity contribution in [3.8, 4) is 0 Å². The molecule has 0 bridgehead atoms. The molecule has 0 aromatic heterocycles. The highest BCUT2D eigenvalue weighted by atomic mass is 16.3. The van der Waals surface area contributed by atoms with E-state index in [1.165, 1.54) is 0 Å². The van der Waals surface area contributed by atoms with Crippen molar-refractivity contribution in [2.24, 2.45) is 5.92 Å². The van der Waals surface area contributed by atoms with Crippen molar-refractivity contribution in [2.45, 2.75) is 32.7 Å². The Morgan fingerprint density at radius 1 is 1.62 bits per heavy atom. The summed E-state index contributed by atoms with van der Waals surface area (Å²) in [5.41, 5.74) is 0. The van der Waals surface area contributed by atoms with Crippen molar-refractivity contribution in [2.75, 3.05) is 19.7 Å². The van der Waals surface area contributed by atoms with E-state index >= 15 is 0 Å². The quantitative estimate of drug-likeness (QED) is 0.699. The average Bonchev–Trinajstić information content (AvgIpc) is 2.42. The number of Topliss-reactive ketones (excluding diaryl/α,β-unsaturated/α-hetero) is 1. The summed E-state index contributed by atoms with van der Waals surface area (Å²) < 4.78 is 0. The van der Waals surface area contributed by atoms with E-state index in [9.17, 15) is 4.79 Å². The number of likely N-dealkylation sites (tertiary alicyclic amines) is 1. The lowest BCUT2D eigenvalue weighted by atomic mass is 10.0. The molecule has 3 nitrogen and oxygen atoms in total. The van der Waals surface area contributed by atoms with Crippen molar-refractivity contribution in [3.63, 3.8) is 0 Å². The van der Waals surface area contributed by atoms with Crippen LogP contribution in [-0.2, 0) is 4.79 Å². The first-order chi connectivity index (χ1) is 6.15. The van der Waals surface area contributed by atoms with Crippen LogP contribution in [0.4, 0.5) is 0 Å². The van der Waals surface area contributed by atoms with Gasteiger partial charge in [0.2, 0.25) is 0 Å². The number of aliphatic hydroxyl groups excluding tert-OH is 1. The van der Waals surface area contributed by atoms with Crippen LogP contribution in [0.2, 0.25) is 0 Å². The summed E-state index contributed by atoms with van der Waals surface area (Å²) in [4.78, 5) is 13.0.